The number of esters is 1. The highest BCUT2D eigenvalue weighted by atomic mass is 16.5. The van der Waals surface area contributed by atoms with E-state index >= 15 is 0 Å². The van der Waals surface area contributed by atoms with E-state index < -0.39 is 17.6 Å². The van der Waals surface area contributed by atoms with Crippen LogP contribution >= 0.6 is 0 Å². The van der Waals surface area contributed by atoms with Crippen LogP contribution in [0.2, 0.25) is 0 Å². The van der Waals surface area contributed by atoms with Gasteiger partial charge in [-0.25, -0.2) is 9.48 Å². The number of carbonyl (C=O) groups excluding carboxylic acids is 1. The molecule has 25 heavy (non-hydrogen) atoms. The van der Waals surface area contributed by atoms with Gasteiger partial charge in [0.05, 0.1) is 34.1 Å². The Hall–Kier alpha value is -3.03. The third kappa shape index (κ3) is 3.57. The summed E-state index contributed by atoms with van der Waals surface area (Å²) >= 11 is 0. The molecular weight excluding hydrogens is 328 g/mol. The van der Waals surface area contributed by atoms with E-state index in [1.807, 2.05) is 0 Å². The third-order valence-electron chi connectivity index (χ3n) is 3.69. The van der Waals surface area contributed by atoms with Crippen molar-refractivity contribution in [3.63, 3.8) is 0 Å². The first-order valence-corrected chi connectivity index (χ1v) is 7.44. The molecule has 0 aliphatic carbocycles. The highest BCUT2D eigenvalue weighted by Crippen LogP contribution is 2.40. The molecule has 8 nitrogen and oxygen atoms in total. The third-order valence-corrected chi connectivity index (χ3v) is 3.69. The molecule has 134 valence electrons. The van der Waals surface area contributed by atoms with E-state index in [1.165, 1.54) is 34.5 Å². The van der Waals surface area contributed by atoms with Crippen LogP contribution in [-0.2, 0) is 9.53 Å². The fraction of sp³-hybridized carbons (Fsp3) is 0.353. The van der Waals surface area contributed by atoms with Crippen molar-refractivity contribution in [3.05, 3.63) is 34.6 Å². The van der Waals surface area contributed by atoms with E-state index in [9.17, 15) is 9.59 Å². The fourth-order valence-electron chi connectivity index (χ4n) is 2.36. The van der Waals surface area contributed by atoms with Crippen molar-refractivity contribution in [2.45, 2.75) is 13.0 Å². The number of carbonyl (C=O) groups is 1. The number of ether oxygens (including phenoxy) is 4. The molecule has 1 aromatic carbocycles. The Morgan fingerprint density at radius 1 is 1.04 bits per heavy atom. The Kier molecular flexibility index (Phi) is 5.63. The Morgan fingerprint density at radius 2 is 1.64 bits per heavy atom. The topological polar surface area (TPSA) is 88.9 Å². The van der Waals surface area contributed by atoms with Crippen molar-refractivity contribution in [2.75, 3.05) is 28.4 Å². The van der Waals surface area contributed by atoms with E-state index in [-0.39, 0.29) is 0 Å². The molecule has 0 N–H and O–H groups in total. The van der Waals surface area contributed by atoms with Crippen LogP contribution in [0, 0.1) is 0 Å². The molecule has 0 saturated carbocycles. The van der Waals surface area contributed by atoms with Crippen LogP contribution in [0.1, 0.15) is 13.0 Å². The van der Waals surface area contributed by atoms with Gasteiger partial charge in [-0.3, -0.25) is 4.79 Å². The van der Waals surface area contributed by atoms with Crippen molar-refractivity contribution in [1.82, 2.24) is 9.78 Å². The van der Waals surface area contributed by atoms with E-state index in [4.69, 9.17) is 14.2 Å². The molecule has 0 fully saturated rings. The van der Waals surface area contributed by atoms with Crippen LogP contribution in [0.4, 0.5) is 0 Å². The van der Waals surface area contributed by atoms with Crippen LogP contribution in [0.15, 0.2) is 29.1 Å². The Morgan fingerprint density at radius 3 is 2.12 bits per heavy atom. The first-order chi connectivity index (χ1) is 12.0. The molecule has 1 aromatic heterocycles. The smallest absolute Gasteiger partial charge is 0.330 e. The van der Waals surface area contributed by atoms with Gasteiger partial charge in [0.15, 0.2) is 17.5 Å². The summed E-state index contributed by atoms with van der Waals surface area (Å²) < 4.78 is 21.7. The van der Waals surface area contributed by atoms with Gasteiger partial charge in [-0.05, 0) is 25.1 Å². The molecule has 0 amide bonds. The standard InChI is InChI=1S/C17H20N2O6/c1-10(17(21)25-5)19-15(20)7-6-12(18-19)11-8-13(22-2)16(24-4)14(9-11)23-3/h6-10H,1-5H3. The van der Waals surface area contributed by atoms with Crippen molar-refractivity contribution < 1.29 is 23.7 Å². The maximum absolute atomic E-state index is 12.0. The van der Waals surface area contributed by atoms with E-state index in [2.05, 4.69) is 9.84 Å². The number of rotatable bonds is 6. The largest absolute Gasteiger partial charge is 0.493 e. The molecule has 0 bridgehead atoms. The molecule has 0 saturated heterocycles. The molecule has 8 heteroatoms. The molecule has 2 rings (SSSR count). The Labute approximate surface area is 144 Å². The lowest BCUT2D eigenvalue weighted by molar-refractivity contribution is -0.144. The second-order valence-electron chi connectivity index (χ2n) is 5.11. The van der Waals surface area contributed by atoms with Crippen molar-refractivity contribution in [2.24, 2.45) is 0 Å². The van der Waals surface area contributed by atoms with Gasteiger partial charge in [-0.2, -0.15) is 5.10 Å². The van der Waals surface area contributed by atoms with Crippen LogP contribution in [0.3, 0.4) is 0 Å². The molecule has 0 aliphatic heterocycles. The van der Waals surface area contributed by atoms with Gasteiger partial charge >= 0.3 is 5.97 Å². The second kappa shape index (κ2) is 7.69. The maximum Gasteiger partial charge on any atom is 0.330 e. The van der Waals surface area contributed by atoms with Gasteiger partial charge in [0.25, 0.3) is 5.56 Å². The zero-order valence-corrected chi connectivity index (χ0v) is 14.7. The molecule has 0 radical (unpaired) electrons. The second-order valence-corrected chi connectivity index (χ2v) is 5.11. The predicted molar refractivity (Wildman–Crippen MR) is 90.3 cm³/mol. The Balaban J connectivity index is 2.59. The summed E-state index contributed by atoms with van der Waals surface area (Å²) in [4.78, 5) is 23.8. The summed E-state index contributed by atoms with van der Waals surface area (Å²) in [5.41, 5.74) is 0.698. The number of hydrogen-bond donors (Lipinski definition) is 0. The summed E-state index contributed by atoms with van der Waals surface area (Å²) in [6.07, 6.45) is 0. The van der Waals surface area contributed by atoms with Gasteiger partial charge in [0.2, 0.25) is 5.75 Å². The lowest BCUT2D eigenvalue weighted by Gasteiger charge is -2.15. The highest BCUT2D eigenvalue weighted by molar-refractivity contribution is 5.73. The minimum absolute atomic E-state index is 0.408. The minimum atomic E-state index is -0.848. The monoisotopic (exact) mass is 348 g/mol. The first kappa shape index (κ1) is 18.3. The van der Waals surface area contributed by atoms with Crippen molar-refractivity contribution in [3.8, 4) is 28.5 Å². The van der Waals surface area contributed by atoms with E-state index in [1.54, 1.807) is 25.1 Å². The SMILES string of the molecule is COC(=O)C(C)n1nc(-c2cc(OC)c(OC)c(OC)c2)ccc1=O. The number of nitrogens with zero attached hydrogens (tertiary/aromatic N) is 2. The highest BCUT2D eigenvalue weighted by Gasteiger charge is 2.20. The summed E-state index contributed by atoms with van der Waals surface area (Å²) in [7, 11) is 5.78. The van der Waals surface area contributed by atoms with E-state index in [0.29, 0.717) is 28.5 Å². The van der Waals surface area contributed by atoms with E-state index in [0.717, 1.165) is 4.68 Å². The van der Waals surface area contributed by atoms with Crippen LogP contribution in [0.25, 0.3) is 11.3 Å². The summed E-state index contributed by atoms with van der Waals surface area (Å²) in [6.45, 7) is 1.54. The molecule has 0 aliphatic rings. The predicted octanol–water partition coefficient (Wildman–Crippen LogP) is 1.67. The van der Waals surface area contributed by atoms with Crippen molar-refractivity contribution >= 4 is 5.97 Å². The van der Waals surface area contributed by atoms with Gasteiger partial charge in [0.1, 0.15) is 0 Å². The summed E-state index contributed by atoms with van der Waals surface area (Å²) in [5.74, 6) is 0.802. The average molecular weight is 348 g/mol. The molecular formula is C17H20N2O6. The maximum atomic E-state index is 12.0. The molecule has 1 heterocycles. The van der Waals surface area contributed by atoms with Gasteiger partial charge < -0.3 is 18.9 Å². The first-order valence-electron chi connectivity index (χ1n) is 7.44. The molecule has 1 unspecified atom stereocenters. The zero-order valence-electron chi connectivity index (χ0n) is 14.7. The normalized spacial score (nSPS) is 11.6. The number of aromatic nitrogens is 2. The van der Waals surface area contributed by atoms with Crippen LogP contribution in [-0.4, -0.2) is 44.2 Å². The fourth-order valence-corrected chi connectivity index (χ4v) is 2.36. The lowest BCUT2D eigenvalue weighted by atomic mass is 10.1. The van der Waals surface area contributed by atoms with Gasteiger partial charge in [0, 0.05) is 11.6 Å². The van der Waals surface area contributed by atoms with Gasteiger partial charge in [-0.15, -0.1) is 0 Å². The van der Waals surface area contributed by atoms with Gasteiger partial charge in [-0.1, -0.05) is 0 Å². The number of hydrogen-bond acceptors (Lipinski definition) is 7. The van der Waals surface area contributed by atoms with Crippen molar-refractivity contribution in [1.29, 1.82) is 0 Å². The molecule has 0 spiro atoms. The molecule has 1 atom stereocenters. The quantitative estimate of drug-likeness (QED) is 0.734. The number of benzene rings is 1. The lowest BCUT2D eigenvalue weighted by Crippen LogP contribution is -2.30. The summed E-state index contributed by atoms with van der Waals surface area (Å²) in [6, 6.07) is 5.47. The molecule has 2 aromatic rings. The summed E-state index contributed by atoms with van der Waals surface area (Å²) in [5, 5.41) is 4.27. The average Bonchev–Trinajstić information content (AvgIpc) is 2.65. The Bertz CT molecular complexity index is 805. The minimum Gasteiger partial charge on any atom is -0.493 e. The zero-order chi connectivity index (χ0) is 18.6. The van der Waals surface area contributed by atoms with Crippen LogP contribution < -0.4 is 19.8 Å². The number of methoxy groups -OCH3 is 4. The van der Waals surface area contributed by atoms with Crippen LogP contribution in [0.5, 0.6) is 17.2 Å².